The molecule has 4 nitrogen and oxygen atoms in total. The standard InChI is InChI=1S/C22H19Cl3N2O2/c1-14-3-6-17(11-19(14)24)27-26-12-15-5-8-21(28-2)22(10-15)29-13-16-4-7-18(23)20(25)9-16/h3-12,27H,13H2,1-2H3. The number of rotatable bonds is 7. The van der Waals surface area contributed by atoms with Gasteiger partial charge in [-0.05, 0) is 66.1 Å². The minimum atomic E-state index is 0.327. The van der Waals surface area contributed by atoms with Gasteiger partial charge >= 0.3 is 0 Å². The number of benzene rings is 3. The Morgan fingerprint density at radius 2 is 1.72 bits per heavy atom. The van der Waals surface area contributed by atoms with Gasteiger partial charge in [-0.15, -0.1) is 0 Å². The van der Waals surface area contributed by atoms with Crippen LogP contribution in [0.3, 0.4) is 0 Å². The van der Waals surface area contributed by atoms with Gasteiger partial charge in [-0.2, -0.15) is 5.10 Å². The van der Waals surface area contributed by atoms with Crippen molar-refractivity contribution < 1.29 is 9.47 Å². The maximum absolute atomic E-state index is 6.13. The minimum Gasteiger partial charge on any atom is -0.493 e. The van der Waals surface area contributed by atoms with Crippen LogP contribution in [0.25, 0.3) is 0 Å². The van der Waals surface area contributed by atoms with Crippen LogP contribution in [0.15, 0.2) is 59.7 Å². The lowest BCUT2D eigenvalue weighted by Crippen LogP contribution is -1.99. The lowest BCUT2D eigenvalue weighted by molar-refractivity contribution is 0.284. The van der Waals surface area contributed by atoms with Crippen molar-refractivity contribution in [3.8, 4) is 11.5 Å². The first-order valence-corrected chi connectivity index (χ1v) is 9.89. The molecule has 7 heteroatoms. The van der Waals surface area contributed by atoms with Crippen molar-refractivity contribution in [2.24, 2.45) is 5.10 Å². The highest BCUT2D eigenvalue weighted by Crippen LogP contribution is 2.29. The summed E-state index contributed by atoms with van der Waals surface area (Å²) >= 11 is 18.1. The summed E-state index contributed by atoms with van der Waals surface area (Å²) in [5.74, 6) is 1.22. The van der Waals surface area contributed by atoms with Crippen LogP contribution < -0.4 is 14.9 Å². The highest BCUT2D eigenvalue weighted by Gasteiger charge is 2.07. The molecule has 0 aliphatic heterocycles. The molecule has 0 fully saturated rings. The molecule has 150 valence electrons. The number of aryl methyl sites for hydroxylation is 1. The molecule has 1 N–H and O–H groups in total. The molecule has 0 aliphatic rings. The molecule has 0 unspecified atom stereocenters. The van der Waals surface area contributed by atoms with Crippen LogP contribution in [0.2, 0.25) is 15.1 Å². The molecule has 0 atom stereocenters. The van der Waals surface area contributed by atoms with Crippen LogP contribution in [0.4, 0.5) is 5.69 Å². The summed E-state index contributed by atoms with van der Waals surface area (Å²) in [6.45, 7) is 2.28. The van der Waals surface area contributed by atoms with E-state index in [0.29, 0.717) is 33.2 Å². The van der Waals surface area contributed by atoms with E-state index in [-0.39, 0.29) is 0 Å². The molecule has 0 radical (unpaired) electrons. The third-order valence-corrected chi connectivity index (χ3v) is 5.29. The fourth-order valence-corrected chi connectivity index (χ4v) is 3.02. The van der Waals surface area contributed by atoms with Crippen molar-refractivity contribution in [3.05, 3.63) is 86.4 Å². The van der Waals surface area contributed by atoms with Crippen LogP contribution in [0, 0.1) is 6.92 Å². The van der Waals surface area contributed by atoms with Crippen molar-refractivity contribution in [3.63, 3.8) is 0 Å². The molecular formula is C22H19Cl3N2O2. The van der Waals surface area contributed by atoms with Crippen molar-refractivity contribution >= 4 is 46.7 Å². The number of anilines is 1. The van der Waals surface area contributed by atoms with Crippen LogP contribution in [0.5, 0.6) is 11.5 Å². The molecule has 29 heavy (non-hydrogen) atoms. The van der Waals surface area contributed by atoms with Crippen LogP contribution >= 0.6 is 34.8 Å². The van der Waals surface area contributed by atoms with E-state index in [0.717, 1.165) is 22.4 Å². The van der Waals surface area contributed by atoms with E-state index in [1.54, 1.807) is 25.5 Å². The molecule has 0 bridgehead atoms. The number of methoxy groups -OCH3 is 1. The van der Waals surface area contributed by atoms with Crippen molar-refractivity contribution in [2.75, 3.05) is 12.5 Å². The fourth-order valence-electron chi connectivity index (χ4n) is 2.52. The Labute approximate surface area is 185 Å². The predicted molar refractivity (Wildman–Crippen MR) is 121 cm³/mol. The number of nitrogens with one attached hydrogen (secondary N) is 1. The number of hydrogen-bond donors (Lipinski definition) is 1. The number of ether oxygens (including phenoxy) is 2. The zero-order chi connectivity index (χ0) is 20.8. The van der Waals surface area contributed by atoms with Gasteiger partial charge in [0.05, 0.1) is 29.1 Å². The second-order valence-corrected chi connectivity index (χ2v) is 7.50. The first kappa shape index (κ1) is 21.3. The van der Waals surface area contributed by atoms with E-state index < -0.39 is 0 Å². The van der Waals surface area contributed by atoms with E-state index >= 15 is 0 Å². The smallest absolute Gasteiger partial charge is 0.162 e. The molecule has 3 aromatic rings. The second-order valence-electron chi connectivity index (χ2n) is 6.28. The maximum Gasteiger partial charge on any atom is 0.162 e. The molecule has 3 aromatic carbocycles. The summed E-state index contributed by atoms with van der Waals surface area (Å²) in [7, 11) is 1.60. The summed E-state index contributed by atoms with van der Waals surface area (Å²) in [6, 6.07) is 16.6. The summed E-state index contributed by atoms with van der Waals surface area (Å²) in [4.78, 5) is 0. The Hall–Kier alpha value is -2.40. The summed E-state index contributed by atoms with van der Waals surface area (Å²) < 4.78 is 11.3. The third-order valence-electron chi connectivity index (χ3n) is 4.15. The highest BCUT2D eigenvalue weighted by molar-refractivity contribution is 6.42. The molecule has 3 rings (SSSR count). The molecule has 0 aliphatic carbocycles. The second kappa shape index (κ2) is 9.88. The van der Waals surface area contributed by atoms with Crippen molar-refractivity contribution in [2.45, 2.75) is 13.5 Å². The minimum absolute atomic E-state index is 0.327. The molecule has 0 saturated heterocycles. The van der Waals surface area contributed by atoms with Gasteiger partial charge in [0.15, 0.2) is 11.5 Å². The molecule has 0 amide bonds. The van der Waals surface area contributed by atoms with Crippen LogP contribution in [0.1, 0.15) is 16.7 Å². The maximum atomic E-state index is 6.13. The molecular weight excluding hydrogens is 431 g/mol. The zero-order valence-corrected chi connectivity index (χ0v) is 18.1. The normalized spacial score (nSPS) is 10.9. The van der Waals surface area contributed by atoms with E-state index in [4.69, 9.17) is 44.3 Å². The van der Waals surface area contributed by atoms with Crippen LogP contribution in [-0.4, -0.2) is 13.3 Å². The van der Waals surface area contributed by atoms with Gasteiger partial charge in [-0.1, -0.05) is 46.9 Å². The summed E-state index contributed by atoms with van der Waals surface area (Å²) in [5.41, 5.74) is 6.53. The van der Waals surface area contributed by atoms with Gasteiger partial charge in [0.25, 0.3) is 0 Å². The predicted octanol–water partition coefficient (Wildman–Crippen LogP) is 6.99. The lowest BCUT2D eigenvalue weighted by atomic mass is 10.2. The van der Waals surface area contributed by atoms with Crippen LogP contribution in [-0.2, 0) is 6.61 Å². The summed E-state index contributed by atoms with van der Waals surface area (Å²) in [5, 5.41) is 5.94. The number of hydrogen-bond acceptors (Lipinski definition) is 4. The van der Waals surface area contributed by atoms with Gasteiger partial charge in [0, 0.05) is 5.02 Å². The van der Waals surface area contributed by atoms with E-state index in [1.165, 1.54) is 0 Å². The topological polar surface area (TPSA) is 42.8 Å². The largest absolute Gasteiger partial charge is 0.493 e. The average molecular weight is 450 g/mol. The highest BCUT2D eigenvalue weighted by atomic mass is 35.5. The molecule has 0 aromatic heterocycles. The Balaban J connectivity index is 1.70. The summed E-state index contributed by atoms with van der Waals surface area (Å²) in [6.07, 6.45) is 1.69. The Morgan fingerprint density at radius 1 is 0.897 bits per heavy atom. The van der Waals surface area contributed by atoms with E-state index in [2.05, 4.69) is 10.5 Å². The number of hydrazone groups is 1. The fraction of sp³-hybridized carbons (Fsp3) is 0.136. The van der Waals surface area contributed by atoms with Gasteiger partial charge in [-0.25, -0.2) is 0 Å². The van der Waals surface area contributed by atoms with Crippen molar-refractivity contribution in [1.29, 1.82) is 0 Å². The monoisotopic (exact) mass is 448 g/mol. The Morgan fingerprint density at radius 3 is 2.45 bits per heavy atom. The zero-order valence-electron chi connectivity index (χ0n) is 15.9. The number of nitrogens with zero attached hydrogens (tertiary/aromatic N) is 1. The molecule has 0 heterocycles. The van der Waals surface area contributed by atoms with Gasteiger partial charge in [0.2, 0.25) is 0 Å². The van der Waals surface area contributed by atoms with E-state index in [1.807, 2.05) is 49.4 Å². The van der Waals surface area contributed by atoms with Gasteiger partial charge < -0.3 is 9.47 Å². The lowest BCUT2D eigenvalue weighted by Gasteiger charge is -2.12. The number of halogens is 3. The third kappa shape index (κ3) is 5.80. The van der Waals surface area contributed by atoms with Crippen molar-refractivity contribution in [1.82, 2.24) is 0 Å². The quantitative estimate of drug-likeness (QED) is 0.312. The Kier molecular flexibility index (Phi) is 7.26. The Bertz CT molecular complexity index is 1040. The molecule has 0 spiro atoms. The van der Waals surface area contributed by atoms with Gasteiger partial charge in [-0.3, -0.25) is 5.43 Å². The average Bonchev–Trinajstić information content (AvgIpc) is 2.71. The van der Waals surface area contributed by atoms with E-state index in [9.17, 15) is 0 Å². The SMILES string of the molecule is COc1ccc(C=NNc2ccc(C)c(Cl)c2)cc1OCc1ccc(Cl)c(Cl)c1. The first-order valence-electron chi connectivity index (χ1n) is 8.76. The van der Waals surface area contributed by atoms with Gasteiger partial charge in [0.1, 0.15) is 6.61 Å². The molecule has 0 saturated carbocycles. The first-order chi connectivity index (χ1) is 14.0.